The summed E-state index contributed by atoms with van der Waals surface area (Å²) in [6.45, 7) is 1.02. The summed E-state index contributed by atoms with van der Waals surface area (Å²) in [5.41, 5.74) is -1.51. The number of carbonyl (C=O) groups excluding carboxylic acids is 1. The molecule has 1 unspecified atom stereocenters. The van der Waals surface area contributed by atoms with Gasteiger partial charge in [-0.2, -0.15) is 0 Å². The number of halogens is 2. The summed E-state index contributed by atoms with van der Waals surface area (Å²) in [6, 6.07) is 5.56. The van der Waals surface area contributed by atoms with Gasteiger partial charge in [-0.1, -0.05) is 23.2 Å². The number of pyridine rings is 1. The van der Waals surface area contributed by atoms with Crippen LogP contribution >= 0.6 is 23.2 Å². The number of nitrogens with zero attached hydrogens (tertiary/aromatic N) is 1. The Morgan fingerprint density at radius 3 is 2.44 bits per heavy atom. The molecule has 132 valence electrons. The lowest BCUT2D eigenvalue weighted by Gasteiger charge is -2.23. The fourth-order valence-electron chi connectivity index (χ4n) is 1.97. The smallest absolute Gasteiger partial charge is 0.361 e. The Bertz CT molecular complexity index is 841. The molecule has 0 saturated heterocycles. The lowest BCUT2D eigenvalue weighted by atomic mass is 10.1. The van der Waals surface area contributed by atoms with Crippen LogP contribution in [0.5, 0.6) is 11.5 Å². The lowest BCUT2D eigenvalue weighted by Crippen LogP contribution is -2.49. The maximum Gasteiger partial charge on any atom is 0.361 e. The molecule has 7 nitrogen and oxygen atoms in total. The summed E-state index contributed by atoms with van der Waals surface area (Å²) >= 11 is 11.9. The molecule has 0 amide bonds. The molecule has 0 aliphatic heterocycles. The third kappa shape index (κ3) is 3.78. The molecule has 0 aliphatic rings. The Morgan fingerprint density at radius 1 is 1.24 bits per heavy atom. The van der Waals surface area contributed by atoms with Crippen LogP contribution in [0.1, 0.15) is 6.92 Å². The third-order valence-corrected chi connectivity index (χ3v) is 3.83. The van der Waals surface area contributed by atoms with Crippen LogP contribution in [0.3, 0.4) is 0 Å². The number of hydrogen-bond donors (Lipinski definition) is 2. The number of ether oxygens (including phenoxy) is 2. The number of aromatic hydroxyl groups is 1. The van der Waals surface area contributed by atoms with E-state index in [1.54, 1.807) is 0 Å². The van der Waals surface area contributed by atoms with Crippen LogP contribution in [-0.4, -0.2) is 39.8 Å². The van der Waals surface area contributed by atoms with Gasteiger partial charge < -0.3 is 19.7 Å². The SMILES string of the molecule is COC(=O)C(C)(Oc1ccc(-c2ncc(Cl)cc2Cl)cc1O)C(=O)O. The Hall–Kier alpha value is -2.51. The van der Waals surface area contributed by atoms with Crippen LogP contribution in [0.15, 0.2) is 30.5 Å². The van der Waals surface area contributed by atoms with Gasteiger partial charge >= 0.3 is 11.9 Å². The van der Waals surface area contributed by atoms with Crippen LogP contribution in [0.4, 0.5) is 0 Å². The van der Waals surface area contributed by atoms with E-state index in [1.807, 2.05) is 0 Å². The van der Waals surface area contributed by atoms with Crippen molar-refractivity contribution in [2.24, 2.45) is 0 Å². The number of esters is 1. The zero-order valence-electron chi connectivity index (χ0n) is 13.1. The lowest BCUT2D eigenvalue weighted by molar-refractivity contribution is -0.172. The minimum absolute atomic E-state index is 0.218. The minimum atomic E-state index is -2.32. The molecule has 1 heterocycles. The van der Waals surface area contributed by atoms with Crippen LogP contribution < -0.4 is 4.74 Å². The first-order valence-corrected chi connectivity index (χ1v) is 7.60. The van der Waals surface area contributed by atoms with E-state index < -0.39 is 23.3 Å². The zero-order chi connectivity index (χ0) is 18.8. The second-order valence-electron chi connectivity index (χ2n) is 5.10. The van der Waals surface area contributed by atoms with E-state index in [-0.39, 0.29) is 10.8 Å². The number of rotatable bonds is 5. The molecule has 0 spiro atoms. The fourth-order valence-corrected chi connectivity index (χ4v) is 2.45. The summed E-state index contributed by atoms with van der Waals surface area (Å²) < 4.78 is 9.63. The first-order valence-electron chi connectivity index (χ1n) is 6.84. The van der Waals surface area contributed by atoms with Crippen LogP contribution in [0.25, 0.3) is 11.3 Å². The molecule has 0 fully saturated rings. The van der Waals surface area contributed by atoms with Crippen molar-refractivity contribution >= 4 is 35.1 Å². The Balaban J connectivity index is 2.39. The van der Waals surface area contributed by atoms with Crippen LogP contribution in [0.2, 0.25) is 10.0 Å². The van der Waals surface area contributed by atoms with Gasteiger partial charge in [0.2, 0.25) is 0 Å². The van der Waals surface area contributed by atoms with Gasteiger partial charge in [0.05, 0.1) is 22.8 Å². The highest BCUT2D eigenvalue weighted by Crippen LogP contribution is 2.36. The molecule has 2 rings (SSSR count). The summed E-state index contributed by atoms with van der Waals surface area (Å²) in [6.07, 6.45) is 1.39. The second-order valence-corrected chi connectivity index (χ2v) is 5.94. The number of hydrogen-bond acceptors (Lipinski definition) is 6. The van der Waals surface area contributed by atoms with Gasteiger partial charge in [0, 0.05) is 11.8 Å². The molecule has 9 heteroatoms. The molecular weight excluding hydrogens is 373 g/mol. The number of aromatic nitrogens is 1. The van der Waals surface area contributed by atoms with E-state index in [2.05, 4.69) is 9.72 Å². The topological polar surface area (TPSA) is 106 Å². The number of carboxylic acid groups (broad SMARTS) is 1. The largest absolute Gasteiger partial charge is 0.504 e. The first-order chi connectivity index (χ1) is 11.7. The predicted octanol–water partition coefficient (Wildman–Crippen LogP) is 3.16. The molecular formula is C16H13Cl2NO6. The van der Waals surface area contributed by atoms with Crippen LogP contribution in [-0.2, 0) is 14.3 Å². The number of phenols is 1. The van der Waals surface area contributed by atoms with Crippen LogP contribution in [0, 0.1) is 0 Å². The van der Waals surface area contributed by atoms with E-state index in [1.165, 1.54) is 30.5 Å². The summed E-state index contributed by atoms with van der Waals surface area (Å²) in [4.78, 5) is 27.1. The van der Waals surface area contributed by atoms with Crippen molar-refractivity contribution in [3.63, 3.8) is 0 Å². The van der Waals surface area contributed by atoms with E-state index >= 15 is 0 Å². The van der Waals surface area contributed by atoms with Crippen molar-refractivity contribution in [1.82, 2.24) is 4.98 Å². The third-order valence-electron chi connectivity index (χ3n) is 3.34. The normalized spacial score (nSPS) is 13.0. The number of benzene rings is 1. The standard InChI is InChI=1S/C16H13Cl2NO6/c1-16(14(21)22,15(23)24-2)25-12-4-3-8(5-11(12)20)13-10(18)6-9(17)7-19-13/h3-7,20H,1-2H3,(H,21,22). The summed E-state index contributed by atoms with van der Waals surface area (Å²) in [5, 5.41) is 20.0. The number of carbonyl (C=O) groups is 2. The molecule has 0 bridgehead atoms. The number of phenolic OH excluding ortho intramolecular Hbond substituents is 1. The fraction of sp³-hybridized carbons (Fsp3) is 0.188. The molecule has 1 aromatic heterocycles. The van der Waals surface area contributed by atoms with Crippen molar-refractivity contribution in [2.75, 3.05) is 7.11 Å². The Labute approximate surface area is 152 Å². The summed E-state index contributed by atoms with van der Waals surface area (Å²) in [5.74, 6) is -3.30. The van der Waals surface area contributed by atoms with Gasteiger partial charge in [0.15, 0.2) is 11.5 Å². The van der Waals surface area contributed by atoms with E-state index in [9.17, 15) is 19.8 Å². The molecule has 1 atom stereocenters. The van der Waals surface area contributed by atoms with E-state index in [0.29, 0.717) is 16.3 Å². The van der Waals surface area contributed by atoms with Gasteiger partial charge in [-0.3, -0.25) is 4.98 Å². The number of carboxylic acids is 1. The number of methoxy groups -OCH3 is 1. The van der Waals surface area contributed by atoms with Crippen molar-refractivity contribution in [3.8, 4) is 22.8 Å². The highest BCUT2D eigenvalue weighted by atomic mass is 35.5. The predicted molar refractivity (Wildman–Crippen MR) is 90.0 cm³/mol. The quantitative estimate of drug-likeness (QED) is 0.601. The average Bonchev–Trinajstić information content (AvgIpc) is 2.55. The number of aliphatic carboxylic acids is 1. The van der Waals surface area contributed by atoms with Gasteiger partial charge in [0.1, 0.15) is 0 Å². The van der Waals surface area contributed by atoms with Gasteiger partial charge in [-0.25, -0.2) is 9.59 Å². The monoisotopic (exact) mass is 385 g/mol. The Kier molecular flexibility index (Phi) is 5.39. The summed E-state index contributed by atoms with van der Waals surface area (Å²) in [7, 11) is 1.03. The van der Waals surface area contributed by atoms with Crippen molar-refractivity contribution < 1.29 is 29.3 Å². The van der Waals surface area contributed by atoms with Crippen molar-refractivity contribution in [3.05, 3.63) is 40.5 Å². The average molecular weight is 386 g/mol. The molecule has 0 radical (unpaired) electrons. The molecule has 0 aliphatic carbocycles. The molecule has 2 N–H and O–H groups in total. The first kappa shape index (κ1) is 18.8. The van der Waals surface area contributed by atoms with Crippen molar-refractivity contribution in [1.29, 1.82) is 0 Å². The zero-order valence-corrected chi connectivity index (χ0v) is 14.6. The minimum Gasteiger partial charge on any atom is -0.504 e. The Morgan fingerprint density at radius 2 is 1.92 bits per heavy atom. The van der Waals surface area contributed by atoms with E-state index in [0.717, 1.165) is 14.0 Å². The maximum absolute atomic E-state index is 11.7. The van der Waals surface area contributed by atoms with Crippen molar-refractivity contribution in [2.45, 2.75) is 12.5 Å². The second kappa shape index (κ2) is 7.16. The van der Waals surface area contributed by atoms with Gasteiger partial charge in [-0.15, -0.1) is 0 Å². The molecule has 1 aromatic carbocycles. The van der Waals surface area contributed by atoms with Gasteiger partial charge in [-0.05, 0) is 31.2 Å². The van der Waals surface area contributed by atoms with E-state index in [4.69, 9.17) is 27.9 Å². The highest BCUT2D eigenvalue weighted by Gasteiger charge is 2.46. The maximum atomic E-state index is 11.7. The molecule has 0 saturated carbocycles. The van der Waals surface area contributed by atoms with Gasteiger partial charge in [0.25, 0.3) is 5.60 Å². The highest BCUT2D eigenvalue weighted by molar-refractivity contribution is 6.36. The molecule has 25 heavy (non-hydrogen) atoms. The molecule has 2 aromatic rings.